The Kier molecular flexibility index (Phi) is 4.50. The van der Waals surface area contributed by atoms with E-state index in [2.05, 4.69) is 26.2 Å². The zero-order chi connectivity index (χ0) is 14.9. The average Bonchev–Trinajstić information content (AvgIpc) is 2.42. The van der Waals surface area contributed by atoms with Crippen LogP contribution in [0.15, 0.2) is 22.8 Å². The number of rotatable bonds is 3. The van der Waals surface area contributed by atoms with Crippen LogP contribution in [0.25, 0.3) is 0 Å². The molecule has 2 rings (SSSR count). The van der Waals surface area contributed by atoms with Crippen LogP contribution in [-0.4, -0.2) is 12.1 Å². The third kappa shape index (κ3) is 2.74. The summed E-state index contributed by atoms with van der Waals surface area (Å²) in [7, 11) is 1.60. The van der Waals surface area contributed by atoms with Crippen molar-refractivity contribution in [2.45, 2.75) is 13.8 Å². The number of methoxy groups -OCH3 is 1. The van der Waals surface area contributed by atoms with E-state index in [1.165, 1.54) is 6.20 Å². The van der Waals surface area contributed by atoms with E-state index in [1.54, 1.807) is 7.11 Å². The predicted octanol–water partition coefficient (Wildman–Crippen LogP) is 5.01. The van der Waals surface area contributed by atoms with Crippen LogP contribution in [0.5, 0.6) is 5.75 Å². The van der Waals surface area contributed by atoms with Gasteiger partial charge in [0.1, 0.15) is 5.75 Å². The Morgan fingerprint density at radius 2 is 2.00 bits per heavy atom. The normalized spacial score (nSPS) is 10.5. The summed E-state index contributed by atoms with van der Waals surface area (Å²) in [6, 6.07) is 3.78. The molecular formula is C14H13BrClFN2O. The molecule has 0 radical (unpaired) electrons. The molecule has 106 valence electrons. The third-order valence-electron chi connectivity index (χ3n) is 3.02. The summed E-state index contributed by atoms with van der Waals surface area (Å²) in [6.07, 6.45) is 1.46. The van der Waals surface area contributed by atoms with Crippen LogP contribution in [0, 0.1) is 19.7 Å². The highest BCUT2D eigenvalue weighted by molar-refractivity contribution is 9.10. The summed E-state index contributed by atoms with van der Waals surface area (Å²) in [4.78, 5) is 3.74. The van der Waals surface area contributed by atoms with Gasteiger partial charge in [0.25, 0.3) is 0 Å². The first kappa shape index (κ1) is 15.1. The van der Waals surface area contributed by atoms with Crippen LogP contribution < -0.4 is 10.1 Å². The fourth-order valence-electron chi connectivity index (χ4n) is 1.92. The Morgan fingerprint density at radius 3 is 2.65 bits per heavy atom. The second-order valence-electron chi connectivity index (χ2n) is 4.30. The van der Waals surface area contributed by atoms with Gasteiger partial charge in [0.05, 0.1) is 17.3 Å². The van der Waals surface area contributed by atoms with Gasteiger partial charge in [-0.1, -0.05) is 17.7 Å². The smallest absolute Gasteiger partial charge is 0.185 e. The minimum absolute atomic E-state index is 0.172. The minimum atomic E-state index is -0.595. The Balaban J connectivity index is 2.53. The van der Waals surface area contributed by atoms with E-state index in [9.17, 15) is 4.39 Å². The van der Waals surface area contributed by atoms with E-state index in [4.69, 9.17) is 16.3 Å². The summed E-state index contributed by atoms with van der Waals surface area (Å²) in [5.41, 5.74) is 2.91. The van der Waals surface area contributed by atoms with Gasteiger partial charge in [-0.25, -0.2) is 9.37 Å². The first-order valence-electron chi connectivity index (χ1n) is 5.86. The number of nitrogens with zero attached hydrogens (tertiary/aromatic N) is 1. The molecule has 1 N–H and O–H groups in total. The van der Waals surface area contributed by atoms with Crippen LogP contribution in [0.3, 0.4) is 0 Å². The van der Waals surface area contributed by atoms with Gasteiger partial charge in [-0.2, -0.15) is 0 Å². The van der Waals surface area contributed by atoms with Gasteiger partial charge < -0.3 is 10.1 Å². The Morgan fingerprint density at radius 1 is 1.30 bits per heavy atom. The van der Waals surface area contributed by atoms with Crippen molar-refractivity contribution in [2.75, 3.05) is 12.4 Å². The van der Waals surface area contributed by atoms with E-state index in [0.29, 0.717) is 4.47 Å². The molecule has 3 nitrogen and oxygen atoms in total. The third-order valence-corrected chi connectivity index (χ3v) is 3.89. The zero-order valence-corrected chi connectivity index (χ0v) is 13.6. The van der Waals surface area contributed by atoms with Gasteiger partial charge >= 0.3 is 0 Å². The topological polar surface area (TPSA) is 34.1 Å². The van der Waals surface area contributed by atoms with Crippen LogP contribution >= 0.6 is 27.5 Å². The van der Waals surface area contributed by atoms with Crippen molar-refractivity contribution in [3.63, 3.8) is 0 Å². The first-order valence-corrected chi connectivity index (χ1v) is 7.03. The van der Waals surface area contributed by atoms with Gasteiger partial charge in [-0.05, 0) is 41.4 Å². The van der Waals surface area contributed by atoms with Crippen molar-refractivity contribution < 1.29 is 9.13 Å². The molecule has 0 saturated heterocycles. The van der Waals surface area contributed by atoms with Gasteiger partial charge in [0, 0.05) is 17.4 Å². The molecule has 0 fully saturated rings. The van der Waals surface area contributed by atoms with E-state index in [-0.39, 0.29) is 10.8 Å². The number of aryl methyl sites for hydroxylation is 1. The van der Waals surface area contributed by atoms with Crippen molar-refractivity contribution in [2.24, 2.45) is 0 Å². The van der Waals surface area contributed by atoms with Gasteiger partial charge in [-0.15, -0.1) is 0 Å². The summed E-state index contributed by atoms with van der Waals surface area (Å²) < 4.78 is 19.9. The Hall–Kier alpha value is -1.33. The van der Waals surface area contributed by atoms with Crippen LogP contribution in [-0.2, 0) is 0 Å². The maximum absolute atomic E-state index is 14.1. The molecule has 2 aromatic rings. The fourth-order valence-corrected chi connectivity index (χ4v) is 2.44. The lowest BCUT2D eigenvalue weighted by atomic mass is 10.1. The van der Waals surface area contributed by atoms with Gasteiger partial charge in [0.15, 0.2) is 11.0 Å². The van der Waals surface area contributed by atoms with Crippen LogP contribution in [0.2, 0.25) is 5.15 Å². The SMILES string of the molecule is COc1ccc(C)c(Nc2c(Br)cnc(Cl)c2F)c1C. The molecule has 20 heavy (non-hydrogen) atoms. The number of benzene rings is 1. The Bertz CT molecular complexity index is 664. The zero-order valence-electron chi connectivity index (χ0n) is 11.2. The summed E-state index contributed by atoms with van der Waals surface area (Å²) >= 11 is 8.99. The molecule has 1 aromatic carbocycles. The molecule has 0 aliphatic heterocycles. The average molecular weight is 360 g/mol. The number of aromatic nitrogens is 1. The highest BCUT2D eigenvalue weighted by atomic mass is 79.9. The highest BCUT2D eigenvalue weighted by Gasteiger charge is 2.15. The van der Waals surface area contributed by atoms with Crippen LogP contribution in [0.1, 0.15) is 11.1 Å². The monoisotopic (exact) mass is 358 g/mol. The van der Waals surface area contributed by atoms with Crippen molar-refractivity contribution in [1.29, 1.82) is 0 Å². The number of ether oxygens (including phenoxy) is 1. The molecule has 1 aromatic heterocycles. The largest absolute Gasteiger partial charge is 0.496 e. The fraction of sp³-hybridized carbons (Fsp3) is 0.214. The summed E-state index contributed by atoms with van der Waals surface area (Å²) in [5, 5.41) is 2.89. The molecule has 0 amide bonds. The van der Waals surface area contributed by atoms with E-state index in [1.807, 2.05) is 26.0 Å². The standard InChI is InChI=1S/C14H13BrClFN2O/c1-7-4-5-10(20-3)8(2)12(7)19-13-9(15)6-18-14(16)11(13)17/h4-6H,1-3H3,(H,18,19). The Labute approximate surface area is 130 Å². The van der Waals surface area contributed by atoms with Crippen LogP contribution in [0.4, 0.5) is 15.8 Å². The molecule has 0 aliphatic rings. The van der Waals surface area contributed by atoms with Gasteiger partial charge in [0.2, 0.25) is 0 Å². The molecule has 0 saturated carbocycles. The number of anilines is 2. The number of halogens is 3. The lowest BCUT2D eigenvalue weighted by Gasteiger charge is -2.17. The van der Waals surface area contributed by atoms with Gasteiger partial charge in [-0.3, -0.25) is 0 Å². The van der Waals surface area contributed by atoms with Crippen molar-refractivity contribution in [3.8, 4) is 5.75 Å². The van der Waals surface area contributed by atoms with Crippen molar-refractivity contribution in [3.05, 3.63) is 44.9 Å². The molecule has 0 atom stereocenters. The number of hydrogen-bond donors (Lipinski definition) is 1. The maximum atomic E-state index is 14.1. The summed E-state index contributed by atoms with van der Waals surface area (Å²) in [6.45, 7) is 3.84. The second-order valence-corrected chi connectivity index (χ2v) is 5.51. The number of nitrogens with one attached hydrogen (secondary N) is 1. The molecular weight excluding hydrogens is 347 g/mol. The summed E-state index contributed by atoms with van der Waals surface area (Å²) in [5.74, 6) is 0.137. The predicted molar refractivity (Wildman–Crippen MR) is 82.7 cm³/mol. The molecule has 6 heteroatoms. The highest BCUT2D eigenvalue weighted by Crippen LogP contribution is 2.36. The van der Waals surface area contributed by atoms with E-state index >= 15 is 0 Å². The lowest BCUT2D eigenvalue weighted by molar-refractivity contribution is 0.412. The molecule has 0 bridgehead atoms. The van der Waals surface area contributed by atoms with E-state index < -0.39 is 5.82 Å². The van der Waals surface area contributed by atoms with Crippen molar-refractivity contribution >= 4 is 38.9 Å². The van der Waals surface area contributed by atoms with Crippen molar-refractivity contribution in [1.82, 2.24) is 4.98 Å². The minimum Gasteiger partial charge on any atom is -0.496 e. The molecule has 0 spiro atoms. The first-order chi connectivity index (χ1) is 9.45. The van der Waals surface area contributed by atoms with E-state index in [0.717, 1.165) is 22.6 Å². The second kappa shape index (κ2) is 5.97. The maximum Gasteiger partial charge on any atom is 0.185 e. The lowest BCUT2D eigenvalue weighted by Crippen LogP contribution is -2.02. The quantitative estimate of drug-likeness (QED) is 0.783. The molecule has 0 unspecified atom stereocenters. The number of hydrogen-bond acceptors (Lipinski definition) is 3. The molecule has 1 heterocycles. The molecule has 0 aliphatic carbocycles. The number of pyridine rings is 1.